The van der Waals surface area contributed by atoms with Gasteiger partial charge in [-0.2, -0.15) is 0 Å². The van der Waals surface area contributed by atoms with Crippen LogP contribution in [0, 0.1) is 6.92 Å². The van der Waals surface area contributed by atoms with Gasteiger partial charge in [0.1, 0.15) is 10.3 Å². The van der Waals surface area contributed by atoms with Gasteiger partial charge in [0.05, 0.1) is 4.47 Å². The molecule has 0 amide bonds. The topological polar surface area (TPSA) is 12.9 Å². The second-order valence-corrected chi connectivity index (χ2v) is 3.81. The van der Waals surface area contributed by atoms with Gasteiger partial charge in [0.15, 0.2) is 0 Å². The number of rotatable bonds is 1. The molecule has 0 atom stereocenters. The van der Waals surface area contributed by atoms with E-state index in [-0.39, 0.29) is 5.69 Å². The van der Waals surface area contributed by atoms with E-state index in [1.165, 1.54) is 6.07 Å². The quantitative estimate of drug-likeness (QED) is 0.718. The van der Waals surface area contributed by atoms with E-state index in [2.05, 4.69) is 36.8 Å². The predicted octanol–water partition coefficient (Wildman–Crippen LogP) is 3.85. The van der Waals surface area contributed by atoms with Crippen molar-refractivity contribution in [3.05, 3.63) is 26.4 Å². The standard InChI is InChI=1S/C7H5Br2F2N/c1-3-2-4(7(10)11)12-6(9)5(3)8/h2,7H,1H3. The summed E-state index contributed by atoms with van der Waals surface area (Å²) in [6.07, 6.45) is -2.52. The van der Waals surface area contributed by atoms with Crippen molar-refractivity contribution in [1.82, 2.24) is 4.98 Å². The summed E-state index contributed by atoms with van der Waals surface area (Å²) in [6, 6.07) is 1.36. The van der Waals surface area contributed by atoms with Crippen LogP contribution >= 0.6 is 31.9 Å². The Morgan fingerprint density at radius 3 is 2.42 bits per heavy atom. The third-order valence-corrected chi connectivity index (χ3v) is 3.45. The Balaban J connectivity index is 3.21. The first-order chi connectivity index (χ1) is 5.52. The minimum absolute atomic E-state index is 0.206. The number of hydrogen-bond acceptors (Lipinski definition) is 1. The molecular formula is C7H5Br2F2N. The molecule has 0 radical (unpaired) electrons. The Kier molecular flexibility index (Phi) is 3.17. The molecule has 0 aliphatic rings. The van der Waals surface area contributed by atoms with E-state index in [0.29, 0.717) is 9.08 Å². The van der Waals surface area contributed by atoms with Crippen LogP contribution in [0.4, 0.5) is 8.78 Å². The summed E-state index contributed by atoms with van der Waals surface area (Å²) >= 11 is 6.28. The van der Waals surface area contributed by atoms with Gasteiger partial charge in [-0.15, -0.1) is 0 Å². The summed E-state index contributed by atoms with van der Waals surface area (Å²) < 4.78 is 25.4. The maximum atomic E-state index is 12.2. The Labute approximate surface area is 85.4 Å². The van der Waals surface area contributed by atoms with E-state index in [4.69, 9.17) is 0 Å². The molecule has 1 aromatic heterocycles. The van der Waals surface area contributed by atoms with E-state index in [1.54, 1.807) is 6.92 Å². The van der Waals surface area contributed by atoms with Crippen molar-refractivity contribution in [2.75, 3.05) is 0 Å². The van der Waals surface area contributed by atoms with E-state index in [0.717, 1.165) is 5.56 Å². The molecule has 1 aromatic rings. The first kappa shape index (κ1) is 10.1. The first-order valence-corrected chi connectivity index (χ1v) is 4.71. The number of halogens is 4. The molecule has 0 saturated carbocycles. The largest absolute Gasteiger partial charge is 0.280 e. The molecule has 1 nitrogen and oxygen atoms in total. The summed E-state index contributed by atoms with van der Waals surface area (Å²) in [7, 11) is 0. The third kappa shape index (κ3) is 2.01. The lowest BCUT2D eigenvalue weighted by molar-refractivity contribution is 0.146. The maximum absolute atomic E-state index is 12.2. The van der Waals surface area contributed by atoms with Crippen molar-refractivity contribution in [3.8, 4) is 0 Å². The Morgan fingerprint density at radius 2 is 2.00 bits per heavy atom. The number of aryl methyl sites for hydroxylation is 1. The normalized spacial score (nSPS) is 10.8. The van der Waals surface area contributed by atoms with Gasteiger partial charge < -0.3 is 0 Å². The highest BCUT2D eigenvalue weighted by Gasteiger charge is 2.12. The highest BCUT2D eigenvalue weighted by Crippen LogP contribution is 2.28. The molecule has 0 unspecified atom stereocenters. The summed E-state index contributed by atoms with van der Waals surface area (Å²) in [5.41, 5.74) is 0.537. The number of hydrogen-bond donors (Lipinski definition) is 0. The van der Waals surface area contributed by atoms with Crippen molar-refractivity contribution in [3.63, 3.8) is 0 Å². The number of aromatic nitrogens is 1. The van der Waals surface area contributed by atoms with Crippen molar-refractivity contribution >= 4 is 31.9 Å². The average Bonchev–Trinajstić information content (AvgIpc) is 1.99. The smallest absolute Gasteiger partial charge is 0.239 e. The highest BCUT2D eigenvalue weighted by atomic mass is 79.9. The fourth-order valence-corrected chi connectivity index (χ4v) is 1.47. The summed E-state index contributed by atoms with van der Waals surface area (Å²) in [5, 5.41) is 0. The SMILES string of the molecule is Cc1cc(C(F)F)nc(Br)c1Br. The van der Waals surface area contributed by atoms with E-state index >= 15 is 0 Å². The third-order valence-electron chi connectivity index (χ3n) is 1.34. The van der Waals surface area contributed by atoms with E-state index in [9.17, 15) is 8.78 Å². The van der Waals surface area contributed by atoms with Crippen LogP contribution in [0.3, 0.4) is 0 Å². The molecule has 0 aliphatic carbocycles. The molecule has 1 rings (SSSR count). The van der Waals surface area contributed by atoms with Crippen molar-refractivity contribution < 1.29 is 8.78 Å². The molecule has 0 spiro atoms. The van der Waals surface area contributed by atoms with Crippen molar-refractivity contribution in [2.24, 2.45) is 0 Å². The molecule has 0 aliphatic heterocycles. The van der Waals surface area contributed by atoms with Gasteiger partial charge in [-0.05, 0) is 50.4 Å². The molecule has 0 N–H and O–H groups in total. The van der Waals surface area contributed by atoms with Crippen LogP contribution in [0.2, 0.25) is 0 Å². The van der Waals surface area contributed by atoms with Gasteiger partial charge in [-0.25, -0.2) is 13.8 Å². The molecule has 0 saturated heterocycles. The first-order valence-electron chi connectivity index (χ1n) is 3.13. The van der Waals surface area contributed by atoms with Crippen LogP contribution in [0.1, 0.15) is 17.7 Å². The fraction of sp³-hybridized carbons (Fsp3) is 0.286. The zero-order valence-electron chi connectivity index (χ0n) is 6.11. The summed E-state index contributed by atoms with van der Waals surface area (Å²) in [5.74, 6) is 0. The lowest BCUT2D eigenvalue weighted by Crippen LogP contribution is -1.93. The van der Waals surface area contributed by atoms with E-state index < -0.39 is 6.43 Å². The highest BCUT2D eigenvalue weighted by molar-refractivity contribution is 9.13. The predicted molar refractivity (Wildman–Crippen MR) is 49.3 cm³/mol. The van der Waals surface area contributed by atoms with Gasteiger partial charge in [-0.1, -0.05) is 0 Å². The van der Waals surface area contributed by atoms with Crippen molar-refractivity contribution in [1.29, 1.82) is 0 Å². The fourth-order valence-electron chi connectivity index (χ4n) is 0.754. The second-order valence-electron chi connectivity index (χ2n) is 2.27. The zero-order chi connectivity index (χ0) is 9.30. The van der Waals surface area contributed by atoms with Crippen LogP contribution in [-0.4, -0.2) is 4.98 Å². The number of pyridine rings is 1. The van der Waals surface area contributed by atoms with Crippen LogP contribution in [0.5, 0.6) is 0 Å². The lowest BCUT2D eigenvalue weighted by Gasteiger charge is -2.04. The van der Waals surface area contributed by atoms with Gasteiger partial charge in [-0.3, -0.25) is 0 Å². The second kappa shape index (κ2) is 3.79. The number of nitrogens with zero attached hydrogens (tertiary/aromatic N) is 1. The lowest BCUT2D eigenvalue weighted by atomic mass is 10.2. The van der Waals surface area contributed by atoms with Crippen LogP contribution < -0.4 is 0 Å². The molecule has 0 bridgehead atoms. The molecule has 5 heteroatoms. The van der Waals surface area contributed by atoms with Gasteiger partial charge >= 0.3 is 0 Å². The Bertz CT molecular complexity index is 278. The Hall–Kier alpha value is -0.0300. The summed E-state index contributed by atoms with van der Waals surface area (Å²) in [6.45, 7) is 1.74. The van der Waals surface area contributed by atoms with Gasteiger partial charge in [0.2, 0.25) is 0 Å². The molecule has 12 heavy (non-hydrogen) atoms. The summed E-state index contributed by atoms with van der Waals surface area (Å²) in [4.78, 5) is 3.65. The zero-order valence-corrected chi connectivity index (χ0v) is 9.29. The van der Waals surface area contributed by atoms with Gasteiger partial charge in [0.25, 0.3) is 6.43 Å². The van der Waals surface area contributed by atoms with Crippen LogP contribution in [0.25, 0.3) is 0 Å². The van der Waals surface area contributed by atoms with E-state index in [1.807, 2.05) is 0 Å². The van der Waals surface area contributed by atoms with Crippen molar-refractivity contribution in [2.45, 2.75) is 13.3 Å². The number of alkyl halides is 2. The Morgan fingerprint density at radius 1 is 1.42 bits per heavy atom. The molecule has 0 fully saturated rings. The van der Waals surface area contributed by atoms with Crippen LogP contribution in [0.15, 0.2) is 15.1 Å². The minimum Gasteiger partial charge on any atom is -0.239 e. The van der Waals surface area contributed by atoms with Crippen LogP contribution in [-0.2, 0) is 0 Å². The maximum Gasteiger partial charge on any atom is 0.280 e. The molecule has 66 valence electrons. The minimum atomic E-state index is -2.52. The van der Waals surface area contributed by atoms with Gasteiger partial charge in [0, 0.05) is 0 Å². The molecule has 1 heterocycles. The molecular weight excluding hydrogens is 296 g/mol. The monoisotopic (exact) mass is 299 g/mol. The average molecular weight is 301 g/mol. The molecule has 0 aromatic carbocycles.